The average Bonchev–Trinajstić information content (AvgIpc) is 2.91. The van der Waals surface area contributed by atoms with Crippen LogP contribution in [0.1, 0.15) is 50.6 Å². The fourth-order valence-corrected chi connectivity index (χ4v) is 3.05. The molecule has 27 heavy (non-hydrogen) atoms. The fraction of sp³-hybridized carbons (Fsp3) is 0.400. The zero-order valence-corrected chi connectivity index (χ0v) is 16.4. The van der Waals surface area contributed by atoms with Gasteiger partial charge in [0.25, 0.3) is 5.91 Å². The number of nitrogens with one attached hydrogen (secondary N) is 2. The van der Waals surface area contributed by atoms with Crippen molar-refractivity contribution >= 4 is 11.9 Å². The van der Waals surface area contributed by atoms with Crippen LogP contribution >= 0.6 is 0 Å². The van der Waals surface area contributed by atoms with Crippen molar-refractivity contribution < 1.29 is 18.7 Å². The van der Waals surface area contributed by atoms with E-state index >= 15 is 0 Å². The Morgan fingerprint density at radius 2 is 1.85 bits per heavy atom. The molecule has 2 N–H and O–H groups in total. The van der Waals surface area contributed by atoms with Crippen LogP contribution < -0.4 is 5.32 Å². The first-order chi connectivity index (χ1) is 12.8. The first-order valence-corrected chi connectivity index (χ1v) is 8.82. The molecular weight excluding hydrogens is 349 g/mol. The van der Waals surface area contributed by atoms with E-state index in [1.54, 1.807) is 32.9 Å². The van der Waals surface area contributed by atoms with Crippen molar-refractivity contribution in [3.05, 3.63) is 58.2 Å². The number of amides is 1. The number of likely N-dealkylation sites (N-methyl/N-ethyl adjacent to an activating group) is 1. The minimum Gasteiger partial charge on any atom is -0.462 e. The molecule has 7 heteroatoms. The van der Waals surface area contributed by atoms with Gasteiger partial charge in [0.2, 0.25) is 0 Å². The molecule has 0 fully saturated rings. The van der Waals surface area contributed by atoms with Crippen LogP contribution in [0, 0.1) is 19.7 Å². The van der Waals surface area contributed by atoms with Crippen molar-refractivity contribution in [3.63, 3.8) is 0 Å². The van der Waals surface area contributed by atoms with Gasteiger partial charge in [0, 0.05) is 12.2 Å². The van der Waals surface area contributed by atoms with Gasteiger partial charge in [0.1, 0.15) is 11.5 Å². The van der Waals surface area contributed by atoms with Crippen LogP contribution in [0.25, 0.3) is 0 Å². The maximum atomic E-state index is 13.2. The quantitative estimate of drug-likeness (QED) is 0.730. The van der Waals surface area contributed by atoms with Crippen molar-refractivity contribution in [3.8, 4) is 0 Å². The molecule has 1 heterocycles. The van der Waals surface area contributed by atoms with E-state index in [4.69, 9.17) is 4.74 Å². The van der Waals surface area contributed by atoms with Crippen LogP contribution in [-0.2, 0) is 4.74 Å². The van der Waals surface area contributed by atoms with Gasteiger partial charge in [-0.05, 0) is 58.1 Å². The Hall–Kier alpha value is -2.67. The number of nitrogens with zero attached hydrogens (tertiary/aromatic N) is 1. The van der Waals surface area contributed by atoms with Crippen molar-refractivity contribution in [2.24, 2.45) is 0 Å². The molecule has 1 amide bonds. The number of carbonyl (C=O) groups excluding carboxylic acids is 2. The van der Waals surface area contributed by atoms with Gasteiger partial charge in [-0.2, -0.15) is 0 Å². The molecule has 0 saturated heterocycles. The molecule has 0 bridgehead atoms. The molecule has 0 saturated carbocycles. The number of rotatable bonds is 7. The van der Waals surface area contributed by atoms with Crippen LogP contribution in [-0.4, -0.2) is 49.0 Å². The molecule has 0 aliphatic heterocycles. The largest absolute Gasteiger partial charge is 0.462 e. The normalized spacial score (nSPS) is 12.1. The summed E-state index contributed by atoms with van der Waals surface area (Å²) in [5, 5.41) is 2.89. The highest BCUT2D eigenvalue weighted by Gasteiger charge is 2.23. The van der Waals surface area contributed by atoms with Gasteiger partial charge < -0.3 is 19.9 Å². The Balaban J connectivity index is 2.15. The molecule has 1 unspecified atom stereocenters. The summed E-state index contributed by atoms with van der Waals surface area (Å²) >= 11 is 0. The maximum Gasteiger partial charge on any atom is 0.340 e. The van der Waals surface area contributed by atoms with E-state index in [1.807, 2.05) is 19.0 Å². The van der Waals surface area contributed by atoms with Gasteiger partial charge in [-0.1, -0.05) is 12.1 Å². The first-order valence-electron chi connectivity index (χ1n) is 8.82. The van der Waals surface area contributed by atoms with Crippen LogP contribution in [0.15, 0.2) is 24.3 Å². The van der Waals surface area contributed by atoms with Crippen LogP contribution in [0.5, 0.6) is 0 Å². The molecule has 0 radical (unpaired) electrons. The lowest BCUT2D eigenvalue weighted by Gasteiger charge is -2.25. The monoisotopic (exact) mass is 375 g/mol. The number of hydrogen-bond donors (Lipinski definition) is 2. The predicted octanol–water partition coefficient (Wildman–Crippen LogP) is 2.98. The molecule has 6 nitrogen and oxygen atoms in total. The number of hydrogen-bond acceptors (Lipinski definition) is 4. The van der Waals surface area contributed by atoms with Gasteiger partial charge in [0.05, 0.1) is 18.2 Å². The number of H-pyrrole nitrogens is 1. The molecular formula is C20H26FN3O3. The predicted molar refractivity (Wildman–Crippen MR) is 101 cm³/mol. The van der Waals surface area contributed by atoms with Crippen molar-refractivity contribution in [1.82, 2.24) is 15.2 Å². The Labute approximate surface area is 158 Å². The summed E-state index contributed by atoms with van der Waals surface area (Å²) in [6.07, 6.45) is 0. The summed E-state index contributed by atoms with van der Waals surface area (Å²) in [5.41, 5.74) is 2.79. The molecule has 0 aliphatic rings. The number of halogens is 1. The molecule has 146 valence electrons. The van der Waals surface area contributed by atoms with E-state index in [9.17, 15) is 14.0 Å². The topological polar surface area (TPSA) is 74.4 Å². The number of esters is 1. The van der Waals surface area contributed by atoms with E-state index in [2.05, 4.69) is 10.3 Å². The molecule has 2 aromatic rings. The minimum absolute atomic E-state index is 0.115. The van der Waals surface area contributed by atoms with Gasteiger partial charge in [-0.15, -0.1) is 0 Å². The summed E-state index contributed by atoms with van der Waals surface area (Å²) in [4.78, 5) is 29.7. The van der Waals surface area contributed by atoms with Gasteiger partial charge in [-0.3, -0.25) is 4.79 Å². The van der Waals surface area contributed by atoms with Crippen LogP contribution in [0.4, 0.5) is 4.39 Å². The smallest absolute Gasteiger partial charge is 0.340 e. The standard InChI is InChI=1S/C20H26FN3O3/c1-6-27-20(26)17-12(2)18(23-13(17)3)19(25)22-11-16(24(4)5)14-7-9-15(21)10-8-14/h7-10,16,23H,6,11H2,1-5H3,(H,22,25). The SMILES string of the molecule is CCOC(=O)c1c(C)[nH]c(C(=O)NCC(c2ccc(F)cc2)N(C)C)c1C. The highest BCUT2D eigenvalue weighted by atomic mass is 19.1. The first kappa shape index (κ1) is 20.6. The Kier molecular flexibility index (Phi) is 6.74. The van der Waals surface area contributed by atoms with Gasteiger partial charge in [0.15, 0.2) is 0 Å². The highest BCUT2D eigenvalue weighted by Crippen LogP contribution is 2.21. The van der Waals surface area contributed by atoms with Gasteiger partial charge >= 0.3 is 5.97 Å². The third kappa shape index (κ3) is 4.74. The number of aromatic amines is 1. The van der Waals surface area contributed by atoms with E-state index in [-0.39, 0.29) is 24.4 Å². The lowest BCUT2D eigenvalue weighted by atomic mass is 10.1. The minimum atomic E-state index is -0.444. The Bertz CT molecular complexity index is 813. The molecule has 1 aromatic heterocycles. The second-order valence-corrected chi connectivity index (χ2v) is 6.59. The van der Waals surface area contributed by atoms with E-state index in [0.717, 1.165) is 5.56 Å². The number of aryl methyl sites for hydroxylation is 1. The summed E-state index contributed by atoms with van der Waals surface area (Å²) < 4.78 is 18.2. The lowest BCUT2D eigenvalue weighted by Crippen LogP contribution is -2.35. The van der Waals surface area contributed by atoms with Crippen LogP contribution in [0.2, 0.25) is 0 Å². The number of benzene rings is 1. The highest BCUT2D eigenvalue weighted by molar-refractivity contribution is 6.00. The molecule has 1 atom stereocenters. The van der Waals surface area contributed by atoms with Gasteiger partial charge in [-0.25, -0.2) is 9.18 Å². The third-order valence-electron chi connectivity index (χ3n) is 4.48. The number of ether oxygens (including phenoxy) is 1. The lowest BCUT2D eigenvalue weighted by molar-refractivity contribution is 0.0525. The van der Waals surface area contributed by atoms with Crippen molar-refractivity contribution in [1.29, 1.82) is 0 Å². The molecule has 0 aliphatic carbocycles. The zero-order valence-electron chi connectivity index (χ0n) is 16.4. The summed E-state index contributed by atoms with van der Waals surface area (Å²) in [6, 6.07) is 6.09. The van der Waals surface area contributed by atoms with Crippen molar-refractivity contribution in [2.75, 3.05) is 27.2 Å². The summed E-state index contributed by atoms with van der Waals surface area (Å²) in [6.45, 7) is 5.79. The number of aromatic nitrogens is 1. The molecule has 2 rings (SSSR count). The summed E-state index contributed by atoms with van der Waals surface area (Å²) in [7, 11) is 3.78. The average molecular weight is 375 g/mol. The second-order valence-electron chi connectivity index (χ2n) is 6.59. The second kappa shape index (κ2) is 8.81. The molecule has 0 spiro atoms. The molecule has 1 aromatic carbocycles. The number of carbonyl (C=O) groups is 2. The van der Waals surface area contributed by atoms with E-state index in [0.29, 0.717) is 29.1 Å². The Morgan fingerprint density at radius 1 is 1.22 bits per heavy atom. The Morgan fingerprint density at radius 3 is 2.41 bits per heavy atom. The van der Waals surface area contributed by atoms with E-state index < -0.39 is 5.97 Å². The van der Waals surface area contributed by atoms with Crippen LogP contribution in [0.3, 0.4) is 0 Å². The third-order valence-corrected chi connectivity index (χ3v) is 4.48. The summed E-state index contributed by atoms with van der Waals surface area (Å²) in [5.74, 6) is -1.05. The zero-order chi connectivity index (χ0) is 20.1. The fourth-order valence-electron chi connectivity index (χ4n) is 3.05. The van der Waals surface area contributed by atoms with Crippen molar-refractivity contribution in [2.45, 2.75) is 26.8 Å². The maximum absolute atomic E-state index is 13.2. The van der Waals surface area contributed by atoms with E-state index in [1.165, 1.54) is 12.1 Å².